The van der Waals surface area contributed by atoms with Gasteiger partial charge in [-0.25, -0.2) is 9.83 Å². The minimum absolute atomic E-state index is 0.00109. The van der Waals surface area contributed by atoms with E-state index in [0.29, 0.717) is 30.5 Å². The third-order valence-electron chi connectivity index (χ3n) is 15.2. The number of unbranched alkanes of at least 4 members (excludes halogenated alkanes) is 3. The smallest absolute Gasteiger partial charge is 0.243 e. The first-order valence-corrected chi connectivity index (χ1v) is 26.3. The van der Waals surface area contributed by atoms with E-state index in [0.717, 1.165) is 112 Å². The summed E-state index contributed by atoms with van der Waals surface area (Å²) < 4.78 is 0. The third-order valence-corrected chi connectivity index (χ3v) is 16.1. The summed E-state index contributed by atoms with van der Waals surface area (Å²) in [4.78, 5) is 84.7. The van der Waals surface area contributed by atoms with Crippen LogP contribution >= 0.6 is 11.3 Å². The van der Waals surface area contributed by atoms with Gasteiger partial charge in [0.2, 0.25) is 17.7 Å². The Kier molecular flexibility index (Phi) is 15.3. The Balaban J connectivity index is 0.763. The summed E-state index contributed by atoms with van der Waals surface area (Å²) in [6.07, 6.45) is 5.58. The minimum Gasteiger partial charge on any atom is -0.391 e. The number of β-amino-alcohol motifs (C(OH)–C–C–N with tert-alkyl or cyclic N) is 1. The number of anilines is 1. The van der Waals surface area contributed by atoms with Crippen LogP contribution in [-0.4, -0.2) is 87.1 Å². The zero-order chi connectivity index (χ0) is 50.8. The summed E-state index contributed by atoms with van der Waals surface area (Å²) in [6.45, 7) is 23.6. The van der Waals surface area contributed by atoms with E-state index in [4.69, 9.17) is 6.57 Å². The Morgan fingerprint density at radius 3 is 2.38 bits per heavy atom. The number of carbonyl (C=O) groups excluding carboxylic acids is 5. The Labute approximate surface area is 422 Å². The van der Waals surface area contributed by atoms with Crippen LogP contribution in [0.1, 0.15) is 150 Å². The van der Waals surface area contributed by atoms with E-state index < -0.39 is 28.9 Å². The fraction of sp³-hybridized carbons (Fsp3) is 0.491. The highest BCUT2D eigenvalue weighted by molar-refractivity contribution is 7.13. The second-order valence-corrected chi connectivity index (χ2v) is 22.4. The molecule has 71 heavy (non-hydrogen) atoms. The van der Waals surface area contributed by atoms with Crippen LogP contribution < -0.4 is 15.5 Å². The predicted molar refractivity (Wildman–Crippen MR) is 280 cm³/mol. The maximum Gasteiger partial charge on any atom is 0.243 e. The number of fused-ring (bicyclic) bond motifs is 4. The lowest BCUT2D eigenvalue weighted by Gasteiger charge is -2.38. The maximum absolute atomic E-state index is 14.1. The number of carbonyl (C=O) groups is 5. The summed E-state index contributed by atoms with van der Waals surface area (Å²) in [5.74, 6) is -1.19. The van der Waals surface area contributed by atoms with Crippen molar-refractivity contribution in [3.05, 3.63) is 111 Å². The number of nitrogens with zero attached hydrogens (tertiary/aromatic N) is 4. The zero-order valence-corrected chi connectivity index (χ0v) is 43.2. The Hall–Kier alpha value is -6.17. The average Bonchev–Trinajstić information content (AvgIpc) is 4.09. The molecule has 0 saturated carbocycles. The molecule has 3 amide bonds. The molecule has 8 rings (SSSR count). The summed E-state index contributed by atoms with van der Waals surface area (Å²) in [7, 11) is 0. The van der Waals surface area contributed by atoms with Gasteiger partial charge in [0.25, 0.3) is 0 Å². The molecule has 0 unspecified atom stereocenters. The van der Waals surface area contributed by atoms with Gasteiger partial charge in [-0.3, -0.25) is 24.0 Å². The van der Waals surface area contributed by atoms with Gasteiger partial charge in [-0.15, -0.1) is 11.3 Å². The maximum atomic E-state index is 14.1. The number of rotatable bonds is 17. The van der Waals surface area contributed by atoms with Crippen molar-refractivity contribution >= 4 is 62.9 Å². The lowest BCUT2D eigenvalue weighted by atomic mass is 9.70. The highest BCUT2D eigenvalue weighted by atomic mass is 32.1. The molecule has 3 aliphatic rings. The number of aromatic amines is 1. The van der Waals surface area contributed by atoms with Crippen molar-refractivity contribution in [2.45, 2.75) is 149 Å². The molecule has 2 aliphatic heterocycles. The summed E-state index contributed by atoms with van der Waals surface area (Å²) >= 11 is 1.58. The van der Waals surface area contributed by atoms with E-state index in [1.54, 1.807) is 17.4 Å². The normalized spacial score (nSPS) is 18.2. The van der Waals surface area contributed by atoms with E-state index in [1.807, 2.05) is 69.6 Å². The van der Waals surface area contributed by atoms with Crippen LogP contribution in [-0.2, 0) is 37.6 Å². The number of H-pyrrole nitrogens is 1. The van der Waals surface area contributed by atoms with E-state index in [2.05, 4.69) is 63.3 Å². The first-order chi connectivity index (χ1) is 33.9. The molecule has 4 heterocycles. The Morgan fingerprint density at radius 2 is 1.72 bits per heavy atom. The molecule has 14 heteroatoms. The third kappa shape index (κ3) is 11.0. The monoisotopic (exact) mass is 980 g/mol. The van der Waals surface area contributed by atoms with Gasteiger partial charge >= 0.3 is 0 Å². The van der Waals surface area contributed by atoms with Crippen molar-refractivity contribution in [2.24, 2.45) is 11.3 Å². The molecule has 2 fully saturated rings. The molecule has 3 atom stereocenters. The van der Waals surface area contributed by atoms with Crippen LogP contribution in [0.15, 0.2) is 60.1 Å². The Bertz CT molecular complexity index is 2860. The van der Waals surface area contributed by atoms with Crippen molar-refractivity contribution < 1.29 is 29.1 Å². The van der Waals surface area contributed by atoms with Crippen molar-refractivity contribution in [3.8, 4) is 10.4 Å². The topological polar surface area (TPSA) is 169 Å². The summed E-state index contributed by atoms with van der Waals surface area (Å²) in [5, 5.41) is 17.7. The molecule has 2 saturated heterocycles. The molecule has 0 spiro atoms. The number of aromatic nitrogens is 2. The molecule has 1 aliphatic carbocycles. The van der Waals surface area contributed by atoms with Crippen LogP contribution in [0.4, 0.5) is 11.4 Å². The zero-order valence-electron chi connectivity index (χ0n) is 42.4. The second-order valence-electron chi connectivity index (χ2n) is 21.5. The number of aryl methyl sites for hydroxylation is 2. The van der Waals surface area contributed by atoms with Crippen LogP contribution in [0, 0.1) is 24.8 Å². The molecule has 3 aromatic carbocycles. The standard InChI is InChI=1S/C57H69N7O6S/c1-9-36-26-43-44(57(6,7)53-50(51(43)68)42-21-20-39(58-8)27-46(42)62-53)30-47(36)63-24-22-38(23-25-63)61-49(67)15-13-11-10-12-14-40(65)28-45(56(3,4)5)55(70)64-32-41(66)29-48(64)54(69)59-31-35-16-18-37(19-17-35)52-34(2)60-33-71-52/h16-21,26-27,30,33,38,41,45,48,62,66H,9-15,22-25,28-29,31-32H2,1-7H3,(H,59,69)(H,61,67)/t41-,45-,48+/m1/s1. The second kappa shape index (κ2) is 21.3. The van der Waals surface area contributed by atoms with Crippen LogP contribution in [0.25, 0.3) is 26.2 Å². The number of Topliss-reactive ketones (excluding diaryl/α,β-unsaturated/α-hetero) is 1. The molecule has 13 nitrogen and oxygen atoms in total. The van der Waals surface area contributed by atoms with Gasteiger partial charge in [-0.2, -0.15) is 0 Å². The van der Waals surface area contributed by atoms with Gasteiger partial charge in [0.05, 0.1) is 34.3 Å². The summed E-state index contributed by atoms with van der Waals surface area (Å²) in [6, 6.07) is 17.0. The van der Waals surface area contributed by atoms with Crippen molar-refractivity contribution in [1.29, 1.82) is 0 Å². The SMILES string of the molecule is [C-]#[N+]c1ccc2c3c([nH]c2c1)C(C)(C)c1cc(N2CCC(NC(=O)CCCCCCC(=O)C[C@H](C(=O)N4C[C@H](O)C[C@H]4C(=O)NCc4ccc(-c5scnc5C)cc4)C(C)(C)C)CC2)c(CC)cc1C3=O. The van der Waals surface area contributed by atoms with E-state index in [9.17, 15) is 29.1 Å². The number of piperidine rings is 1. The Morgan fingerprint density at radius 1 is 1.00 bits per heavy atom. The number of aliphatic hydroxyl groups is 1. The van der Waals surface area contributed by atoms with Gasteiger partial charge in [-0.05, 0) is 84.9 Å². The highest BCUT2D eigenvalue weighted by Gasteiger charge is 2.45. The minimum atomic E-state index is -0.828. The van der Waals surface area contributed by atoms with Crippen molar-refractivity contribution in [3.63, 3.8) is 0 Å². The molecule has 2 aromatic heterocycles. The number of amides is 3. The van der Waals surface area contributed by atoms with Crippen LogP contribution in [0.2, 0.25) is 0 Å². The number of likely N-dealkylation sites (tertiary alicyclic amines) is 1. The molecule has 0 bridgehead atoms. The number of ketones is 2. The largest absolute Gasteiger partial charge is 0.391 e. The van der Waals surface area contributed by atoms with Gasteiger partial charge in [-0.1, -0.05) is 90.8 Å². The number of hydrogen-bond donors (Lipinski definition) is 4. The molecule has 0 radical (unpaired) electrons. The lowest BCUT2D eigenvalue weighted by Crippen LogP contribution is -2.50. The average molecular weight is 980 g/mol. The predicted octanol–water partition coefficient (Wildman–Crippen LogP) is 9.91. The van der Waals surface area contributed by atoms with Crippen LogP contribution in [0.5, 0.6) is 0 Å². The quantitative estimate of drug-likeness (QED) is 0.0527. The highest BCUT2D eigenvalue weighted by Crippen LogP contribution is 2.46. The van der Waals surface area contributed by atoms with Gasteiger partial charge in [0.1, 0.15) is 11.8 Å². The lowest BCUT2D eigenvalue weighted by molar-refractivity contribution is -0.146. The first kappa shape index (κ1) is 51.2. The molecule has 374 valence electrons. The van der Waals surface area contributed by atoms with Crippen molar-refractivity contribution in [2.75, 3.05) is 24.5 Å². The van der Waals surface area contributed by atoms with E-state index >= 15 is 0 Å². The van der Waals surface area contributed by atoms with E-state index in [1.165, 1.54) is 4.90 Å². The molecule has 4 N–H and O–H groups in total. The number of nitrogens with one attached hydrogen (secondary N) is 3. The van der Waals surface area contributed by atoms with Crippen molar-refractivity contribution in [1.82, 2.24) is 25.5 Å². The fourth-order valence-electron chi connectivity index (χ4n) is 10.9. The molecular formula is C57H69N7O6S. The molecular weight excluding hydrogens is 911 g/mol. The summed E-state index contributed by atoms with van der Waals surface area (Å²) in [5.41, 5.74) is 10.7. The first-order valence-electron chi connectivity index (χ1n) is 25.4. The molecule has 5 aromatic rings. The number of hydrogen-bond acceptors (Lipinski definition) is 9. The number of benzene rings is 3. The fourth-order valence-corrected chi connectivity index (χ4v) is 11.7. The number of aliphatic hydroxyl groups excluding tert-OH is 1. The van der Waals surface area contributed by atoms with Gasteiger partial charge in [0, 0.05) is 97.1 Å². The van der Waals surface area contributed by atoms with Gasteiger partial charge < -0.3 is 30.5 Å². The van der Waals surface area contributed by atoms with E-state index in [-0.39, 0.29) is 61.3 Å². The van der Waals surface area contributed by atoms with Gasteiger partial charge in [0.15, 0.2) is 11.5 Å². The van der Waals surface area contributed by atoms with Crippen LogP contribution in [0.3, 0.4) is 0 Å². The number of thiazole rings is 1.